The van der Waals surface area contributed by atoms with Gasteiger partial charge < -0.3 is 10.4 Å². The standard InChI is InChI=1S/C18H31NO2/c1-2-3-14-18(21)16(10-6-4-7-11-16)15(20)19-17(18)12-8-5-9-13-17/h21H,2-14H2,1H3,(H,19,20). The van der Waals surface area contributed by atoms with E-state index in [4.69, 9.17) is 0 Å². The fourth-order valence-electron chi connectivity index (χ4n) is 5.49. The number of carbonyl (C=O) groups excluding carboxylic acids is 1. The third kappa shape index (κ3) is 2.07. The molecule has 2 saturated carbocycles. The number of carbonyl (C=O) groups is 1. The molecule has 3 fully saturated rings. The number of nitrogens with one attached hydrogen (secondary N) is 1. The summed E-state index contributed by atoms with van der Waals surface area (Å²) in [6.07, 6.45) is 13.6. The Hall–Kier alpha value is -0.570. The van der Waals surface area contributed by atoms with Crippen molar-refractivity contribution in [2.45, 2.75) is 102 Å². The highest BCUT2D eigenvalue weighted by molar-refractivity contribution is 5.89. The first kappa shape index (κ1) is 15.3. The van der Waals surface area contributed by atoms with E-state index in [0.29, 0.717) is 0 Å². The van der Waals surface area contributed by atoms with E-state index in [1.165, 1.54) is 12.8 Å². The highest BCUT2D eigenvalue weighted by Crippen LogP contribution is 2.59. The van der Waals surface area contributed by atoms with Gasteiger partial charge in [0.15, 0.2) is 0 Å². The lowest BCUT2D eigenvalue weighted by Crippen LogP contribution is -2.62. The van der Waals surface area contributed by atoms with Crippen molar-refractivity contribution in [3.63, 3.8) is 0 Å². The van der Waals surface area contributed by atoms with Gasteiger partial charge in [0.05, 0.1) is 11.0 Å². The molecule has 2 spiro atoms. The van der Waals surface area contributed by atoms with Crippen LogP contribution in [0.5, 0.6) is 0 Å². The fourth-order valence-corrected chi connectivity index (χ4v) is 5.49. The summed E-state index contributed by atoms with van der Waals surface area (Å²) in [4.78, 5) is 12.9. The molecule has 1 amide bonds. The van der Waals surface area contributed by atoms with E-state index in [1.807, 2.05) is 0 Å². The minimum absolute atomic E-state index is 0.169. The van der Waals surface area contributed by atoms with Crippen molar-refractivity contribution in [3.05, 3.63) is 0 Å². The monoisotopic (exact) mass is 293 g/mol. The summed E-state index contributed by atoms with van der Waals surface area (Å²) in [6.45, 7) is 2.18. The molecule has 2 N–H and O–H groups in total. The van der Waals surface area contributed by atoms with Gasteiger partial charge in [-0.25, -0.2) is 0 Å². The molecule has 21 heavy (non-hydrogen) atoms. The fraction of sp³-hybridized carbons (Fsp3) is 0.944. The zero-order valence-corrected chi connectivity index (χ0v) is 13.5. The Kier molecular flexibility index (Phi) is 4.06. The smallest absolute Gasteiger partial charge is 0.229 e. The lowest BCUT2D eigenvalue weighted by molar-refractivity contribution is -0.152. The van der Waals surface area contributed by atoms with Gasteiger partial charge >= 0.3 is 0 Å². The van der Waals surface area contributed by atoms with Gasteiger partial charge in [-0.2, -0.15) is 0 Å². The van der Waals surface area contributed by atoms with Crippen LogP contribution in [0.2, 0.25) is 0 Å². The molecular formula is C18H31NO2. The SMILES string of the molecule is CCCCC1(O)C2(CCCCC2)NC(=O)C12CCCCC2. The minimum atomic E-state index is -0.812. The van der Waals surface area contributed by atoms with Crippen LogP contribution >= 0.6 is 0 Å². The Balaban J connectivity index is 2.00. The second-order valence-electron chi connectivity index (χ2n) is 7.70. The molecule has 0 radical (unpaired) electrons. The van der Waals surface area contributed by atoms with Crippen LogP contribution in [-0.2, 0) is 4.79 Å². The third-order valence-corrected chi connectivity index (χ3v) is 6.68. The number of amides is 1. The normalized spacial score (nSPS) is 34.3. The maximum absolute atomic E-state index is 12.9. The lowest BCUT2D eigenvalue weighted by atomic mass is 9.55. The Morgan fingerprint density at radius 3 is 2.14 bits per heavy atom. The van der Waals surface area contributed by atoms with Crippen LogP contribution in [0, 0.1) is 5.41 Å². The first-order valence-electron chi connectivity index (χ1n) is 9.15. The zero-order chi connectivity index (χ0) is 15.0. The molecule has 3 nitrogen and oxygen atoms in total. The van der Waals surface area contributed by atoms with Crippen LogP contribution in [0.4, 0.5) is 0 Å². The van der Waals surface area contributed by atoms with Gasteiger partial charge in [0, 0.05) is 0 Å². The molecule has 0 aromatic heterocycles. The van der Waals surface area contributed by atoms with E-state index in [0.717, 1.165) is 70.6 Å². The second-order valence-corrected chi connectivity index (χ2v) is 7.70. The quantitative estimate of drug-likeness (QED) is 0.833. The van der Waals surface area contributed by atoms with Gasteiger partial charge in [-0.3, -0.25) is 4.79 Å². The Bertz CT molecular complexity index is 394. The number of unbranched alkanes of at least 4 members (excludes halogenated alkanes) is 1. The summed E-state index contributed by atoms with van der Waals surface area (Å²) in [7, 11) is 0. The molecule has 120 valence electrons. The van der Waals surface area contributed by atoms with Crippen molar-refractivity contribution in [2.75, 3.05) is 0 Å². The number of hydrogen-bond acceptors (Lipinski definition) is 2. The zero-order valence-electron chi connectivity index (χ0n) is 13.5. The predicted molar refractivity (Wildman–Crippen MR) is 84.0 cm³/mol. The van der Waals surface area contributed by atoms with Gasteiger partial charge in [0.25, 0.3) is 0 Å². The summed E-state index contributed by atoms with van der Waals surface area (Å²) in [6, 6.07) is 0. The first-order valence-corrected chi connectivity index (χ1v) is 9.15. The van der Waals surface area contributed by atoms with Crippen molar-refractivity contribution in [2.24, 2.45) is 5.41 Å². The largest absolute Gasteiger partial charge is 0.386 e. The summed E-state index contributed by atoms with van der Waals surface area (Å²) in [5.41, 5.74) is -1.62. The van der Waals surface area contributed by atoms with Crippen LogP contribution in [0.1, 0.15) is 90.4 Å². The molecule has 3 rings (SSSR count). The third-order valence-electron chi connectivity index (χ3n) is 6.68. The molecule has 2 aliphatic carbocycles. The molecule has 1 saturated heterocycles. The van der Waals surface area contributed by atoms with Crippen LogP contribution in [0.25, 0.3) is 0 Å². The van der Waals surface area contributed by atoms with E-state index in [2.05, 4.69) is 12.2 Å². The number of aliphatic hydroxyl groups is 1. The molecule has 3 heteroatoms. The Morgan fingerprint density at radius 1 is 1.00 bits per heavy atom. The number of hydrogen-bond donors (Lipinski definition) is 2. The summed E-state index contributed by atoms with van der Waals surface area (Å²) >= 11 is 0. The minimum Gasteiger partial charge on any atom is -0.386 e. The Morgan fingerprint density at radius 2 is 1.57 bits per heavy atom. The summed E-state index contributed by atoms with van der Waals surface area (Å²) < 4.78 is 0. The van der Waals surface area contributed by atoms with Crippen molar-refractivity contribution in [3.8, 4) is 0 Å². The summed E-state index contributed by atoms with van der Waals surface area (Å²) in [5, 5.41) is 15.2. The van der Waals surface area contributed by atoms with Crippen molar-refractivity contribution in [1.29, 1.82) is 0 Å². The van der Waals surface area contributed by atoms with Gasteiger partial charge in [-0.15, -0.1) is 0 Å². The van der Waals surface area contributed by atoms with E-state index in [1.54, 1.807) is 0 Å². The van der Waals surface area contributed by atoms with Crippen LogP contribution in [-0.4, -0.2) is 22.2 Å². The first-order chi connectivity index (χ1) is 10.1. The topological polar surface area (TPSA) is 49.3 Å². The molecule has 3 aliphatic rings. The Labute approximate surface area is 128 Å². The highest BCUT2D eigenvalue weighted by atomic mass is 16.3. The van der Waals surface area contributed by atoms with Crippen LogP contribution in [0.15, 0.2) is 0 Å². The molecule has 1 atom stereocenters. The molecule has 1 heterocycles. The summed E-state index contributed by atoms with van der Waals surface area (Å²) in [5.74, 6) is 0.169. The van der Waals surface area contributed by atoms with Crippen molar-refractivity contribution in [1.82, 2.24) is 5.32 Å². The maximum atomic E-state index is 12.9. The number of rotatable bonds is 3. The average molecular weight is 293 g/mol. The average Bonchev–Trinajstić information content (AvgIpc) is 2.67. The molecule has 0 aromatic rings. The molecule has 1 unspecified atom stereocenters. The van der Waals surface area contributed by atoms with E-state index < -0.39 is 11.0 Å². The molecule has 1 aliphatic heterocycles. The second kappa shape index (κ2) is 5.57. The van der Waals surface area contributed by atoms with Crippen LogP contribution in [0.3, 0.4) is 0 Å². The van der Waals surface area contributed by atoms with Gasteiger partial charge in [0.2, 0.25) is 5.91 Å². The molecule has 0 aromatic carbocycles. The van der Waals surface area contributed by atoms with Crippen LogP contribution < -0.4 is 5.32 Å². The van der Waals surface area contributed by atoms with Crippen molar-refractivity contribution < 1.29 is 9.90 Å². The van der Waals surface area contributed by atoms with Crippen molar-refractivity contribution >= 4 is 5.91 Å². The predicted octanol–water partition coefficient (Wildman–Crippen LogP) is 3.69. The molecular weight excluding hydrogens is 262 g/mol. The highest BCUT2D eigenvalue weighted by Gasteiger charge is 2.70. The van der Waals surface area contributed by atoms with E-state index in [9.17, 15) is 9.90 Å². The maximum Gasteiger partial charge on any atom is 0.229 e. The van der Waals surface area contributed by atoms with Gasteiger partial charge in [-0.05, 0) is 32.1 Å². The molecule has 0 bridgehead atoms. The van der Waals surface area contributed by atoms with Gasteiger partial charge in [-0.1, -0.05) is 58.3 Å². The van der Waals surface area contributed by atoms with E-state index >= 15 is 0 Å². The van der Waals surface area contributed by atoms with E-state index in [-0.39, 0.29) is 11.4 Å². The lowest BCUT2D eigenvalue weighted by Gasteiger charge is -2.51. The van der Waals surface area contributed by atoms with Gasteiger partial charge in [0.1, 0.15) is 5.60 Å².